The Hall–Kier alpha value is -3.05. The summed E-state index contributed by atoms with van der Waals surface area (Å²) in [5.41, 5.74) is 2.04. The third-order valence-corrected chi connectivity index (χ3v) is 6.25. The first-order valence-electron chi connectivity index (χ1n) is 11.4. The topological polar surface area (TPSA) is 49.4 Å². The zero-order valence-electron chi connectivity index (χ0n) is 19.3. The average Bonchev–Trinajstić information content (AvgIpc) is 2.85. The van der Waals surface area contributed by atoms with E-state index >= 15 is 0 Å². The summed E-state index contributed by atoms with van der Waals surface area (Å²) in [5, 5.41) is 3.06. The lowest BCUT2D eigenvalue weighted by Gasteiger charge is -2.31. The predicted molar refractivity (Wildman–Crippen MR) is 136 cm³/mol. The average molecular weight is 461 g/mol. The zero-order valence-corrected chi connectivity index (χ0v) is 20.1. The molecule has 0 unspecified atom stereocenters. The van der Waals surface area contributed by atoms with Crippen molar-refractivity contribution in [2.75, 3.05) is 12.3 Å². The Kier molecular flexibility index (Phi) is 9.58. The molecule has 0 bridgehead atoms. The van der Waals surface area contributed by atoms with Gasteiger partial charge < -0.3 is 10.2 Å². The number of thioether (sulfide) groups is 1. The lowest BCUT2D eigenvalue weighted by Crippen LogP contribution is -2.51. The van der Waals surface area contributed by atoms with E-state index in [4.69, 9.17) is 0 Å². The summed E-state index contributed by atoms with van der Waals surface area (Å²) >= 11 is 1.50. The standard InChI is InChI=1S/C28H32N2O2S/c1-22(2)19-29-28(32)26(18-23-12-6-3-7-13-23)30(20-24-14-8-4-9-15-24)27(31)21-33-25-16-10-5-11-17-25/h3-17,22,26H,18-21H2,1-2H3,(H,29,32)/t26-/m1/s1. The summed E-state index contributed by atoms with van der Waals surface area (Å²) in [4.78, 5) is 29.7. The van der Waals surface area contributed by atoms with Crippen LogP contribution in [0, 0.1) is 5.92 Å². The first-order chi connectivity index (χ1) is 16.0. The van der Waals surface area contributed by atoms with Crippen molar-refractivity contribution < 1.29 is 9.59 Å². The van der Waals surface area contributed by atoms with Crippen LogP contribution < -0.4 is 5.32 Å². The molecule has 5 heteroatoms. The third kappa shape index (κ3) is 8.10. The molecule has 1 N–H and O–H groups in total. The molecule has 4 nitrogen and oxygen atoms in total. The second kappa shape index (κ2) is 12.9. The quantitative estimate of drug-likeness (QED) is 0.401. The lowest BCUT2D eigenvalue weighted by molar-refractivity contribution is -0.139. The summed E-state index contributed by atoms with van der Waals surface area (Å²) in [5.74, 6) is 0.452. The first kappa shape index (κ1) is 24.6. The Balaban J connectivity index is 1.86. The summed E-state index contributed by atoms with van der Waals surface area (Å²) < 4.78 is 0. The van der Waals surface area contributed by atoms with Crippen molar-refractivity contribution in [1.29, 1.82) is 0 Å². The fourth-order valence-electron chi connectivity index (χ4n) is 3.50. The van der Waals surface area contributed by atoms with Crippen LogP contribution in [-0.2, 0) is 22.6 Å². The van der Waals surface area contributed by atoms with Crippen molar-refractivity contribution in [3.63, 3.8) is 0 Å². The van der Waals surface area contributed by atoms with Gasteiger partial charge in [-0.3, -0.25) is 9.59 Å². The molecular formula is C28H32N2O2S. The molecule has 0 saturated heterocycles. The van der Waals surface area contributed by atoms with Gasteiger partial charge in [0, 0.05) is 24.4 Å². The maximum Gasteiger partial charge on any atom is 0.243 e. The van der Waals surface area contributed by atoms with Gasteiger partial charge in [-0.15, -0.1) is 11.8 Å². The molecule has 0 radical (unpaired) electrons. The van der Waals surface area contributed by atoms with E-state index in [1.54, 1.807) is 4.90 Å². The number of hydrogen-bond donors (Lipinski definition) is 1. The molecule has 0 saturated carbocycles. The Morgan fingerprint density at radius 1 is 0.818 bits per heavy atom. The molecule has 0 spiro atoms. The van der Waals surface area contributed by atoms with Gasteiger partial charge >= 0.3 is 0 Å². The molecule has 1 atom stereocenters. The van der Waals surface area contributed by atoms with E-state index in [2.05, 4.69) is 19.2 Å². The van der Waals surface area contributed by atoms with Crippen LogP contribution in [0.4, 0.5) is 0 Å². The molecule has 33 heavy (non-hydrogen) atoms. The Labute approximate surface area is 201 Å². The van der Waals surface area contributed by atoms with Crippen molar-refractivity contribution in [3.05, 3.63) is 102 Å². The van der Waals surface area contributed by atoms with E-state index in [-0.39, 0.29) is 17.6 Å². The SMILES string of the molecule is CC(C)CNC(=O)[C@@H](Cc1ccccc1)N(Cc1ccccc1)C(=O)CSc1ccccc1. The van der Waals surface area contributed by atoms with Crippen LogP contribution in [-0.4, -0.2) is 35.1 Å². The number of benzene rings is 3. The van der Waals surface area contributed by atoms with Gasteiger partial charge in [0.15, 0.2) is 0 Å². The predicted octanol–water partition coefficient (Wildman–Crippen LogP) is 5.19. The maximum atomic E-state index is 13.5. The molecule has 0 heterocycles. The summed E-state index contributed by atoms with van der Waals surface area (Å²) in [6.07, 6.45) is 0.472. The number of carbonyl (C=O) groups excluding carboxylic acids is 2. The van der Waals surface area contributed by atoms with Gasteiger partial charge in [0.2, 0.25) is 11.8 Å². The number of carbonyl (C=O) groups is 2. The molecule has 0 fully saturated rings. The number of nitrogens with one attached hydrogen (secondary N) is 1. The van der Waals surface area contributed by atoms with Crippen LogP contribution >= 0.6 is 11.8 Å². The largest absolute Gasteiger partial charge is 0.354 e. The highest BCUT2D eigenvalue weighted by Crippen LogP contribution is 2.21. The van der Waals surface area contributed by atoms with Gasteiger partial charge in [0.1, 0.15) is 6.04 Å². The van der Waals surface area contributed by atoms with Gasteiger partial charge in [0.05, 0.1) is 5.75 Å². The van der Waals surface area contributed by atoms with Gasteiger partial charge in [-0.05, 0) is 29.2 Å². The summed E-state index contributed by atoms with van der Waals surface area (Å²) in [7, 11) is 0. The fourth-order valence-corrected chi connectivity index (χ4v) is 4.31. The van der Waals surface area contributed by atoms with E-state index in [1.807, 2.05) is 91.0 Å². The molecule has 3 aromatic rings. The van der Waals surface area contributed by atoms with Crippen LogP contribution in [0.25, 0.3) is 0 Å². The second-order valence-corrected chi connectivity index (χ2v) is 9.50. The Morgan fingerprint density at radius 2 is 1.36 bits per heavy atom. The molecular weight excluding hydrogens is 428 g/mol. The van der Waals surface area contributed by atoms with E-state index in [9.17, 15) is 9.59 Å². The number of nitrogens with zero attached hydrogens (tertiary/aromatic N) is 1. The smallest absolute Gasteiger partial charge is 0.243 e. The van der Waals surface area contributed by atoms with Crippen LogP contribution in [0.3, 0.4) is 0 Å². The minimum absolute atomic E-state index is 0.0478. The van der Waals surface area contributed by atoms with E-state index in [0.717, 1.165) is 16.0 Å². The van der Waals surface area contributed by atoms with E-state index in [1.165, 1.54) is 11.8 Å². The zero-order chi connectivity index (χ0) is 23.5. The van der Waals surface area contributed by atoms with Crippen molar-refractivity contribution in [2.24, 2.45) is 5.92 Å². The van der Waals surface area contributed by atoms with Crippen LogP contribution in [0.1, 0.15) is 25.0 Å². The first-order valence-corrected chi connectivity index (χ1v) is 12.3. The molecule has 0 aromatic heterocycles. The molecule has 3 rings (SSSR count). The van der Waals surface area contributed by atoms with Crippen LogP contribution in [0.5, 0.6) is 0 Å². The molecule has 0 aliphatic heterocycles. The molecule has 0 aliphatic carbocycles. The minimum atomic E-state index is -0.588. The monoisotopic (exact) mass is 460 g/mol. The highest BCUT2D eigenvalue weighted by atomic mass is 32.2. The van der Waals surface area contributed by atoms with Crippen molar-refractivity contribution in [3.8, 4) is 0 Å². The van der Waals surface area contributed by atoms with Gasteiger partial charge in [0.25, 0.3) is 0 Å². The van der Waals surface area contributed by atoms with Gasteiger partial charge in [-0.1, -0.05) is 92.7 Å². The van der Waals surface area contributed by atoms with Gasteiger partial charge in [-0.25, -0.2) is 0 Å². The number of hydrogen-bond acceptors (Lipinski definition) is 3. The molecule has 2 amide bonds. The second-order valence-electron chi connectivity index (χ2n) is 8.45. The van der Waals surface area contributed by atoms with E-state index in [0.29, 0.717) is 25.4 Å². The highest BCUT2D eigenvalue weighted by molar-refractivity contribution is 8.00. The normalized spacial score (nSPS) is 11.7. The number of rotatable bonds is 11. The maximum absolute atomic E-state index is 13.5. The lowest BCUT2D eigenvalue weighted by atomic mass is 10.0. The van der Waals surface area contributed by atoms with Crippen molar-refractivity contribution in [2.45, 2.75) is 37.8 Å². The molecule has 172 valence electrons. The highest BCUT2D eigenvalue weighted by Gasteiger charge is 2.30. The third-order valence-electron chi connectivity index (χ3n) is 5.26. The summed E-state index contributed by atoms with van der Waals surface area (Å²) in [6.45, 7) is 5.10. The Bertz CT molecular complexity index is 994. The minimum Gasteiger partial charge on any atom is -0.354 e. The molecule has 0 aliphatic rings. The summed E-state index contributed by atoms with van der Waals surface area (Å²) in [6, 6.07) is 29.1. The molecule has 3 aromatic carbocycles. The van der Waals surface area contributed by atoms with Gasteiger partial charge in [-0.2, -0.15) is 0 Å². The fraction of sp³-hybridized carbons (Fsp3) is 0.286. The van der Waals surface area contributed by atoms with Crippen molar-refractivity contribution in [1.82, 2.24) is 10.2 Å². The van der Waals surface area contributed by atoms with Crippen LogP contribution in [0.15, 0.2) is 95.9 Å². The Morgan fingerprint density at radius 3 is 1.94 bits per heavy atom. The van der Waals surface area contributed by atoms with Crippen LogP contribution in [0.2, 0.25) is 0 Å². The van der Waals surface area contributed by atoms with E-state index < -0.39 is 6.04 Å². The van der Waals surface area contributed by atoms with Crippen molar-refractivity contribution >= 4 is 23.6 Å². The number of amides is 2.